The fourth-order valence-corrected chi connectivity index (χ4v) is 2.64. The quantitative estimate of drug-likeness (QED) is 0.688. The van der Waals surface area contributed by atoms with Crippen LogP contribution in [0.5, 0.6) is 5.75 Å². The summed E-state index contributed by atoms with van der Waals surface area (Å²) in [6.45, 7) is 9.21. The van der Waals surface area contributed by atoms with E-state index in [0.717, 1.165) is 55.4 Å². The molecule has 1 aliphatic heterocycles. The Morgan fingerprint density at radius 2 is 1.69 bits per heavy atom. The number of aromatic nitrogens is 1. The van der Waals surface area contributed by atoms with E-state index in [2.05, 4.69) is 28.6 Å². The first-order valence-electron chi connectivity index (χ1n) is 9.65. The Hall–Kier alpha value is -2.07. The summed E-state index contributed by atoms with van der Waals surface area (Å²) in [5.41, 5.74) is 2.92. The minimum absolute atomic E-state index is 0. The van der Waals surface area contributed by atoms with Crippen LogP contribution in [0.4, 0.5) is 0 Å². The average molecular weight is 418 g/mol. The molecule has 1 fully saturated rings. The second-order valence-electron chi connectivity index (χ2n) is 5.70. The Morgan fingerprint density at radius 3 is 2.24 bits per heavy atom. The highest BCUT2D eigenvalue weighted by atomic mass is 32.1. The van der Waals surface area contributed by atoms with Crippen molar-refractivity contribution in [2.75, 3.05) is 45.7 Å². The van der Waals surface area contributed by atoms with E-state index < -0.39 is 0 Å². The third-order valence-corrected chi connectivity index (χ3v) is 4.05. The first kappa shape index (κ1) is 26.9. The van der Waals surface area contributed by atoms with Gasteiger partial charge in [-0.25, -0.2) is 0 Å². The van der Waals surface area contributed by atoms with Crippen molar-refractivity contribution in [3.8, 4) is 22.9 Å². The van der Waals surface area contributed by atoms with Crippen molar-refractivity contribution in [1.82, 2.24) is 9.88 Å². The molecule has 1 aromatic carbocycles. The first-order chi connectivity index (χ1) is 13.8. The first-order valence-corrected chi connectivity index (χ1v) is 10.5. The maximum absolute atomic E-state index is 8.68. The molecule has 0 spiro atoms. The largest absolute Gasteiger partial charge is 0.492 e. The lowest BCUT2D eigenvalue weighted by Gasteiger charge is -2.26. The van der Waals surface area contributed by atoms with E-state index in [-0.39, 0.29) is 7.43 Å². The number of nitriles is 1. The van der Waals surface area contributed by atoms with Crippen molar-refractivity contribution in [2.24, 2.45) is 0 Å². The lowest BCUT2D eigenvalue weighted by atomic mass is 10.1. The number of ether oxygens (including phenoxy) is 2. The van der Waals surface area contributed by atoms with Gasteiger partial charge in [-0.3, -0.25) is 9.88 Å². The van der Waals surface area contributed by atoms with Gasteiger partial charge in [-0.1, -0.05) is 39.5 Å². The standard InChI is InChI=1S/C19H21N3O2.C2H6.CH4S.CH4/c20-8-7-18-4-1-17(15-21-18)16-2-5-19(6-3-16)24-14-11-22-9-12-23-13-10-22;2*1-2;/h1-6,15H,7,9-14H2;1-2H3;2H,1H3;1H4. The fraction of sp³-hybridized carbons (Fsp3) is 0.478. The summed E-state index contributed by atoms with van der Waals surface area (Å²) in [6.07, 6.45) is 3.84. The van der Waals surface area contributed by atoms with Gasteiger partial charge in [0.2, 0.25) is 0 Å². The molecule has 6 heteroatoms. The number of hydrogen-bond donors (Lipinski definition) is 1. The van der Waals surface area contributed by atoms with Gasteiger partial charge in [0, 0.05) is 31.4 Å². The van der Waals surface area contributed by atoms with Crippen LogP contribution in [0.15, 0.2) is 42.6 Å². The number of benzene rings is 1. The highest BCUT2D eigenvalue weighted by Gasteiger charge is 2.09. The van der Waals surface area contributed by atoms with Crippen LogP contribution < -0.4 is 4.74 Å². The van der Waals surface area contributed by atoms with Gasteiger partial charge < -0.3 is 9.47 Å². The molecule has 29 heavy (non-hydrogen) atoms. The van der Waals surface area contributed by atoms with Gasteiger partial charge in [0.05, 0.1) is 31.4 Å². The molecule has 0 amide bonds. The zero-order valence-corrected chi connectivity index (χ0v) is 18.0. The second-order valence-corrected chi connectivity index (χ2v) is 5.70. The summed E-state index contributed by atoms with van der Waals surface area (Å²) in [6, 6.07) is 14.0. The molecule has 160 valence electrons. The third kappa shape index (κ3) is 9.80. The van der Waals surface area contributed by atoms with Gasteiger partial charge in [0.25, 0.3) is 0 Å². The van der Waals surface area contributed by atoms with Gasteiger partial charge in [0.1, 0.15) is 12.4 Å². The zero-order chi connectivity index (χ0) is 20.6. The molecule has 0 unspecified atom stereocenters. The number of pyridine rings is 1. The van der Waals surface area contributed by atoms with Crippen molar-refractivity contribution in [3.63, 3.8) is 0 Å². The van der Waals surface area contributed by atoms with Gasteiger partial charge in [0.15, 0.2) is 0 Å². The Bertz CT molecular complexity index is 679. The van der Waals surface area contributed by atoms with E-state index in [1.807, 2.05) is 50.2 Å². The Balaban J connectivity index is 0.00000148. The number of rotatable bonds is 6. The molecule has 0 radical (unpaired) electrons. The molecular weight excluding hydrogens is 382 g/mol. The van der Waals surface area contributed by atoms with Crippen LogP contribution in [0.3, 0.4) is 0 Å². The SMILES string of the molecule is C.CC.CS.N#CCc1ccc(-c2ccc(OCCN3CCOCC3)cc2)cn1. The van der Waals surface area contributed by atoms with Gasteiger partial charge in [-0.05, 0) is 30.0 Å². The Morgan fingerprint density at radius 1 is 1.07 bits per heavy atom. The van der Waals surface area contributed by atoms with Crippen molar-refractivity contribution in [3.05, 3.63) is 48.3 Å². The fourth-order valence-electron chi connectivity index (χ4n) is 2.64. The predicted octanol–water partition coefficient (Wildman–Crippen LogP) is 4.73. The van der Waals surface area contributed by atoms with Crippen LogP contribution in [0.2, 0.25) is 0 Å². The van der Waals surface area contributed by atoms with E-state index in [9.17, 15) is 0 Å². The number of hydrogen-bond acceptors (Lipinski definition) is 6. The van der Waals surface area contributed by atoms with Crippen molar-refractivity contribution in [2.45, 2.75) is 27.7 Å². The third-order valence-electron chi connectivity index (χ3n) is 4.05. The summed E-state index contributed by atoms with van der Waals surface area (Å²) in [4.78, 5) is 6.65. The van der Waals surface area contributed by atoms with E-state index in [1.54, 1.807) is 12.5 Å². The molecule has 0 atom stereocenters. The molecule has 1 saturated heterocycles. The van der Waals surface area contributed by atoms with Gasteiger partial charge in [-0.15, -0.1) is 0 Å². The predicted molar refractivity (Wildman–Crippen MR) is 125 cm³/mol. The summed E-state index contributed by atoms with van der Waals surface area (Å²) < 4.78 is 11.2. The Labute approximate surface area is 182 Å². The summed E-state index contributed by atoms with van der Waals surface area (Å²) >= 11 is 3.53. The summed E-state index contributed by atoms with van der Waals surface area (Å²) in [7, 11) is 0. The van der Waals surface area contributed by atoms with Crippen LogP contribution in [0, 0.1) is 11.3 Å². The van der Waals surface area contributed by atoms with E-state index in [1.165, 1.54) is 0 Å². The molecule has 0 bridgehead atoms. The molecule has 1 aliphatic rings. The van der Waals surface area contributed by atoms with Crippen LogP contribution >= 0.6 is 12.6 Å². The topological polar surface area (TPSA) is 58.4 Å². The van der Waals surface area contributed by atoms with E-state index in [0.29, 0.717) is 13.0 Å². The molecule has 0 N–H and O–H groups in total. The smallest absolute Gasteiger partial charge is 0.119 e. The van der Waals surface area contributed by atoms with Crippen molar-refractivity contribution in [1.29, 1.82) is 5.26 Å². The van der Waals surface area contributed by atoms with Crippen molar-refractivity contribution < 1.29 is 9.47 Å². The van der Waals surface area contributed by atoms with Crippen LogP contribution in [0.25, 0.3) is 11.1 Å². The minimum atomic E-state index is 0. The summed E-state index contributed by atoms with van der Waals surface area (Å²) in [5, 5.41) is 8.68. The molecule has 0 aliphatic carbocycles. The molecule has 2 heterocycles. The lowest BCUT2D eigenvalue weighted by molar-refractivity contribution is 0.0322. The second kappa shape index (κ2) is 16.8. The number of morpholine rings is 1. The summed E-state index contributed by atoms with van der Waals surface area (Å²) in [5.74, 6) is 0.876. The average Bonchev–Trinajstić information content (AvgIpc) is 2.79. The number of nitrogens with zero attached hydrogens (tertiary/aromatic N) is 3. The highest BCUT2D eigenvalue weighted by molar-refractivity contribution is 7.79. The molecule has 5 nitrogen and oxygen atoms in total. The van der Waals surface area contributed by atoms with E-state index in [4.69, 9.17) is 14.7 Å². The Kier molecular flexibility index (Phi) is 15.6. The highest BCUT2D eigenvalue weighted by Crippen LogP contribution is 2.22. The van der Waals surface area contributed by atoms with Crippen LogP contribution in [0.1, 0.15) is 27.0 Å². The minimum Gasteiger partial charge on any atom is -0.492 e. The van der Waals surface area contributed by atoms with Crippen molar-refractivity contribution >= 4 is 12.6 Å². The van der Waals surface area contributed by atoms with Gasteiger partial charge >= 0.3 is 0 Å². The maximum atomic E-state index is 8.68. The maximum Gasteiger partial charge on any atom is 0.119 e. The van der Waals surface area contributed by atoms with E-state index >= 15 is 0 Å². The van der Waals surface area contributed by atoms with Gasteiger partial charge in [-0.2, -0.15) is 17.9 Å². The molecular formula is C23H35N3O2S. The molecule has 2 aromatic rings. The lowest BCUT2D eigenvalue weighted by Crippen LogP contribution is -2.38. The zero-order valence-electron chi connectivity index (χ0n) is 17.1. The van der Waals surface area contributed by atoms with Crippen LogP contribution in [-0.4, -0.2) is 55.6 Å². The van der Waals surface area contributed by atoms with Crippen LogP contribution in [-0.2, 0) is 11.2 Å². The molecule has 3 rings (SSSR count). The normalized spacial score (nSPS) is 12.8. The monoisotopic (exact) mass is 417 g/mol. The molecule has 1 aromatic heterocycles. The molecule has 0 saturated carbocycles. The number of thiol groups is 1.